The molecule has 112 valence electrons. The summed E-state index contributed by atoms with van der Waals surface area (Å²) in [4.78, 5) is 0. The van der Waals surface area contributed by atoms with Crippen LogP contribution in [0.4, 0.5) is 0 Å². The summed E-state index contributed by atoms with van der Waals surface area (Å²) >= 11 is 0. The summed E-state index contributed by atoms with van der Waals surface area (Å²) in [6.07, 6.45) is 0. The largest absolute Gasteiger partial charge is 0.504 e. The van der Waals surface area contributed by atoms with Crippen molar-refractivity contribution in [3.8, 4) is 22.8 Å². The number of aryl methyl sites for hydroxylation is 1. The van der Waals surface area contributed by atoms with Crippen molar-refractivity contribution in [2.75, 3.05) is 7.11 Å². The second-order valence-corrected chi connectivity index (χ2v) is 4.98. The van der Waals surface area contributed by atoms with Crippen LogP contribution in [0.2, 0.25) is 0 Å². The minimum atomic E-state index is 0.0509. The molecule has 0 radical (unpaired) electrons. The van der Waals surface area contributed by atoms with Crippen molar-refractivity contribution in [1.82, 2.24) is 0 Å². The molecule has 0 amide bonds. The molecule has 2 N–H and O–H groups in total. The average molecular weight is 297 g/mol. The first-order valence-electron chi connectivity index (χ1n) is 6.72. The van der Waals surface area contributed by atoms with Crippen molar-refractivity contribution in [2.45, 2.75) is 6.92 Å². The Kier molecular flexibility index (Phi) is 3.47. The maximum Gasteiger partial charge on any atom is 0.161 e. The molecule has 0 aliphatic rings. The monoisotopic (exact) mass is 297 g/mol. The number of fused-ring (bicyclic) bond motifs is 1. The second-order valence-electron chi connectivity index (χ2n) is 4.98. The summed E-state index contributed by atoms with van der Waals surface area (Å²) in [6, 6.07) is 12.2. The Morgan fingerprint density at radius 1 is 1.09 bits per heavy atom. The van der Waals surface area contributed by atoms with Crippen LogP contribution in [0.25, 0.3) is 22.3 Å². The van der Waals surface area contributed by atoms with Gasteiger partial charge in [-0.3, -0.25) is 0 Å². The van der Waals surface area contributed by atoms with Crippen molar-refractivity contribution in [3.63, 3.8) is 0 Å². The van der Waals surface area contributed by atoms with Crippen LogP contribution in [-0.4, -0.2) is 17.4 Å². The highest BCUT2D eigenvalue weighted by Crippen LogP contribution is 2.32. The molecular weight excluding hydrogens is 282 g/mol. The van der Waals surface area contributed by atoms with Crippen LogP contribution < -0.4 is 10.1 Å². The summed E-state index contributed by atoms with van der Waals surface area (Å²) in [5.74, 6) is 0.915. The summed E-state index contributed by atoms with van der Waals surface area (Å²) < 4.78 is 11.0. The molecule has 1 aromatic heterocycles. The maximum atomic E-state index is 9.68. The molecule has 0 saturated carbocycles. The zero-order chi connectivity index (χ0) is 15.7. The molecular formula is C17H15NO4. The number of methoxy groups -OCH3 is 1. The van der Waals surface area contributed by atoms with Gasteiger partial charge in [-0.05, 0) is 42.8 Å². The zero-order valence-corrected chi connectivity index (χ0v) is 12.2. The van der Waals surface area contributed by atoms with E-state index in [0.717, 1.165) is 10.9 Å². The predicted octanol–water partition coefficient (Wildman–Crippen LogP) is 3.41. The lowest BCUT2D eigenvalue weighted by Crippen LogP contribution is -2.03. The third kappa shape index (κ3) is 2.37. The van der Waals surface area contributed by atoms with E-state index in [1.165, 1.54) is 13.2 Å². The molecule has 0 atom stereocenters. The molecule has 0 unspecified atom stereocenters. The van der Waals surface area contributed by atoms with Crippen molar-refractivity contribution in [2.24, 2.45) is 5.16 Å². The van der Waals surface area contributed by atoms with E-state index < -0.39 is 0 Å². The van der Waals surface area contributed by atoms with Crippen LogP contribution in [0.1, 0.15) is 5.56 Å². The molecule has 0 bridgehead atoms. The summed E-state index contributed by atoms with van der Waals surface area (Å²) in [5, 5.41) is 23.4. The van der Waals surface area contributed by atoms with Gasteiger partial charge < -0.3 is 19.5 Å². The van der Waals surface area contributed by atoms with Gasteiger partial charge >= 0.3 is 0 Å². The van der Waals surface area contributed by atoms with E-state index in [1.54, 1.807) is 18.2 Å². The van der Waals surface area contributed by atoms with Crippen LogP contribution in [0.3, 0.4) is 0 Å². The molecule has 0 saturated heterocycles. The normalized spacial score (nSPS) is 11.8. The summed E-state index contributed by atoms with van der Waals surface area (Å²) in [5.41, 5.74) is 2.38. The van der Waals surface area contributed by atoms with E-state index in [2.05, 4.69) is 5.16 Å². The van der Waals surface area contributed by atoms with Crippen LogP contribution in [-0.2, 0) is 0 Å². The van der Waals surface area contributed by atoms with Gasteiger partial charge in [-0.15, -0.1) is 0 Å². The molecule has 0 aliphatic carbocycles. The zero-order valence-electron chi connectivity index (χ0n) is 12.2. The van der Waals surface area contributed by atoms with Crippen molar-refractivity contribution >= 4 is 11.0 Å². The Balaban J connectivity index is 2.27. The number of phenolic OH excluding ortho intramolecular Hbond substituents is 1. The number of aromatic hydroxyl groups is 1. The first-order valence-corrected chi connectivity index (χ1v) is 6.72. The second kappa shape index (κ2) is 5.44. The Hall–Kier alpha value is -2.95. The fraction of sp³-hybridized carbons (Fsp3) is 0.118. The fourth-order valence-corrected chi connectivity index (χ4v) is 2.33. The highest BCUT2D eigenvalue weighted by Gasteiger charge is 2.09. The van der Waals surface area contributed by atoms with E-state index in [1.807, 2.05) is 25.1 Å². The predicted molar refractivity (Wildman–Crippen MR) is 82.0 cm³/mol. The van der Waals surface area contributed by atoms with E-state index in [4.69, 9.17) is 9.15 Å². The minimum absolute atomic E-state index is 0.0509. The molecule has 0 aliphatic heterocycles. The highest BCUT2D eigenvalue weighted by atomic mass is 16.5. The fourth-order valence-electron chi connectivity index (χ4n) is 2.33. The molecule has 5 nitrogen and oxygen atoms in total. The average Bonchev–Trinajstić information content (AvgIpc) is 2.53. The van der Waals surface area contributed by atoms with Gasteiger partial charge in [0.2, 0.25) is 0 Å². The molecule has 2 aromatic carbocycles. The number of rotatable bonds is 2. The Morgan fingerprint density at radius 2 is 1.91 bits per heavy atom. The molecule has 22 heavy (non-hydrogen) atoms. The number of benzene rings is 2. The van der Waals surface area contributed by atoms with Crippen molar-refractivity contribution in [1.29, 1.82) is 0 Å². The Labute approximate surface area is 126 Å². The lowest BCUT2D eigenvalue weighted by atomic mass is 10.1. The van der Waals surface area contributed by atoms with Gasteiger partial charge in [-0.1, -0.05) is 11.2 Å². The van der Waals surface area contributed by atoms with Crippen LogP contribution >= 0.6 is 0 Å². The van der Waals surface area contributed by atoms with Crippen LogP contribution in [0, 0.1) is 6.92 Å². The van der Waals surface area contributed by atoms with E-state index in [0.29, 0.717) is 28.0 Å². The molecule has 5 heteroatoms. The highest BCUT2D eigenvalue weighted by molar-refractivity contribution is 5.79. The number of ether oxygens (including phenoxy) is 1. The Morgan fingerprint density at radius 3 is 2.64 bits per heavy atom. The van der Waals surface area contributed by atoms with Gasteiger partial charge in [0.15, 0.2) is 11.5 Å². The van der Waals surface area contributed by atoms with E-state index in [9.17, 15) is 10.3 Å². The Bertz CT molecular complexity index is 912. The number of hydrogen-bond donors (Lipinski definition) is 2. The smallest absolute Gasteiger partial charge is 0.161 e. The van der Waals surface area contributed by atoms with Crippen molar-refractivity contribution in [3.05, 3.63) is 53.4 Å². The van der Waals surface area contributed by atoms with Crippen LogP contribution in [0.5, 0.6) is 11.5 Å². The quantitative estimate of drug-likeness (QED) is 0.561. The van der Waals surface area contributed by atoms with Gasteiger partial charge in [0.05, 0.1) is 7.11 Å². The minimum Gasteiger partial charge on any atom is -0.504 e. The third-order valence-corrected chi connectivity index (χ3v) is 3.47. The number of phenols is 1. The van der Waals surface area contributed by atoms with Gasteiger partial charge in [-0.2, -0.15) is 0 Å². The third-order valence-electron chi connectivity index (χ3n) is 3.47. The lowest BCUT2D eigenvalue weighted by molar-refractivity contribution is 0.302. The summed E-state index contributed by atoms with van der Waals surface area (Å²) in [6.45, 7) is 1.96. The van der Waals surface area contributed by atoms with Crippen molar-refractivity contribution < 1.29 is 19.5 Å². The van der Waals surface area contributed by atoms with E-state index >= 15 is 0 Å². The van der Waals surface area contributed by atoms with Gasteiger partial charge in [0.25, 0.3) is 0 Å². The molecule has 3 rings (SSSR count). The van der Waals surface area contributed by atoms with Gasteiger partial charge in [0.1, 0.15) is 16.7 Å². The van der Waals surface area contributed by atoms with Crippen LogP contribution in [0.15, 0.2) is 52.0 Å². The first-order chi connectivity index (χ1) is 10.6. The first kappa shape index (κ1) is 14.0. The molecule has 1 heterocycles. The standard InChI is InChI=1S/C17H15NO4/c1-10-3-5-12-13(18-20)9-15(22-16(12)7-10)11-4-6-14(19)17(8-11)21-2/h3-9,19-20H,1-2H3. The number of nitrogens with zero attached hydrogens (tertiary/aromatic N) is 1. The SMILES string of the molecule is COc1cc(-c2cc(=NO)c3ccc(C)cc3o2)ccc1O. The van der Waals surface area contributed by atoms with E-state index in [-0.39, 0.29) is 5.75 Å². The lowest BCUT2D eigenvalue weighted by Gasteiger charge is -2.08. The summed E-state index contributed by atoms with van der Waals surface area (Å²) in [7, 11) is 1.48. The molecule has 0 spiro atoms. The number of hydrogen-bond acceptors (Lipinski definition) is 5. The molecule has 0 fully saturated rings. The van der Waals surface area contributed by atoms with Gasteiger partial charge in [0, 0.05) is 17.0 Å². The molecule has 3 aromatic rings. The maximum absolute atomic E-state index is 9.68. The van der Waals surface area contributed by atoms with Gasteiger partial charge in [-0.25, -0.2) is 0 Å². The topological polar surface area (TPSA) is 75.2 Å².